The van der Waals surface area contributed by atoms with Gasteiger partial charge in [0.15, 0.2) is 42.7 Å². The van der Waals surface area contributed by atoms with E-state index >= 15 is 0 Å². The molecule has 3 saturated heterocycles. The molecule has 4 N–H and O–H groups in total. The van der Waals surface area contributed by atoms with Crippen molar-refractivity contribution in [3.05, 3.63) is 65.2 Å². The number of hydrogen-bond donors (Lipinski definition) is 4. The maximum absolute atomic E-state index is 14.5. The van der Waals surface area contributed by atoms with Gasteiger partial charge in [0, 0.05) is 189 Å². The molecule has 4 unspecified atom stereocenters. The van der Waals surface area contributed by atoms with E-state index in [0.29, 0.717) is 5.56 Å². The molecule has 4 aromatic heterocycles. The van der Waals surface area contributed by atoms with Crippen LogP contribution in [0, 0.1) is 11.8 Å². The van der Waals surface area contributed by atoms with Crippen LogP contribution in [0.5, 0.6) is 0 Å². The molecule has 5 aromatic rings. The van der Waals surface area contributed by atoms with Crippen molar-refractivity contribution < 1.29 is 55.6 Å². The van der Waals surface area contributed by atoms with Gasteiger partial charge in [0.25, 0.3) is 11.5 Å². The number of anilines is 2. The van der Waals surface area contributed by atoms with E-state index in [9.17, 15) is 28.4 Å². The van der Waals surface area contributed by atoms with Crippen molar-refractivity contribution >= 4 is 234 Å². The van der Waals surface area contributed by atoms with Gasteiger partial charge in [0.2, 0.25) is 11.9 Å². The molecule has 23 nitrogen and oxygen atoms in total. The average Bonchev–Trinajstić information content (AvgIpc) is 3.19. The lowest BCUT2D eigenvalue weighted by Crippen LogP contribution is -2.49. The summed E-state index contributed by atoms with van der Waals surface area (Å²) in [6.07, 6.45) is -4.03. The molecule has 44 heteroatoms. The maximum atomic E-state index is 14.5. The third-order valence-corrected chi connectivity index (χ3v) is 52.4. The third kappa shape index (κ3) is 19.4. The van der Waals surface area contributed by atoms with Crippen molar-refractivity contribution in [2.45, 2.75) is 103 Å². The highest BCUT2D eigenvalue weighted by molar-refractivity contribution is 8.77. The predicted octanol–water partition coefficient (Wildman–Crippen LogP) is 5.32. The minimum absolute atomic E-state index is 0.0192. The highest BCUT2D eigenvalue weighted by Gasteiger charge is 2.56. The van der Waals surface area contributed by atoms with Crippen LogP contribution in [0.4, 0.5) is 11.8 Å². The van der Waals surface area contributed by atoms with E-state index in [2.05, 4.69) is 40.5 Å². The zero-order valence-electron chi connectivity index (χ0n) is 44.4. The van der Waals surface area contributed by atoms with Gasteiger partial charge in [-0.05, 0) is 30.3 Å². The number of phosphoric acid groups is 1. The Hall–Kier alpha value is -0.623. The Morgan fingerprint density at radius 1 is 0.771 bits per heavy atom. The second kappa shape index (κ2) is 32.4. The van der Waals surface area contributed by atoms with E-state index in [0.717, 1.165) is 0 Å². The molecular formula is C39H52N10O13P2S18Si. The first-order valence-corrected chi connectivity index (χ1v) is 52.8. The summed E-state index contributed by atoms with van der Waals surface area (Å²) in [6, 6.07) is 8.57. The fraction of sp³-hybridized carbons (Fsp3) is 0.538. The Balaban J connectivity index is 0.000000474. The van der Waals surface area contributed by atoms with E-state index in [1.807, 2.05) is 33.9 Å². The standard InChI is InChI=1S/C39H52N10O13P2Si.S18/c1-20(2)33(50)46-38-45-32-26(35(52)47-38)43-19-49(32)37-29(62-65(8,9)39(4,5)6)28-24(59-37)16-57-64(54,55)61-27-21(3)36(58-23(27)15-56-63(7,53)60-28)48-18-42-25-30(40-17-41-31(25)48)44-34(51)22-13-11-10-12-14-22;1-3-5-7-9-11-13-15-17-18-16-14-12-10-8-6-4-2/h10-14,17-21,23-24,27-29,36-37H,15-16H2,1-9H3,(H,54,55)(H,40,41,44,51)(H2,45,46,47,50,52);/t21?,23-,24-,27-,28?,29+,36-,37-,63?;/m1./s1. The Labute approximate surface area is 532 Å². The monoisotopic (exact) mass is 1530 g/mol. The number of aromatic nitrogens is 8. The van der Waals surface area contributed by atoms with Crippen LogP contribution in [0.1, 0.15) is 64.4 Å². The molecule has 8 rings (SSSR count). The first-order valence-electron chi connectivity index (χ1n) is 23.7. The van der Waals surface area contributed by atoms with Crippen molar-refractivity contribution in [2.75, 3.05) is 30.5 Å². The molecule has 0 saturated carbocycles. The Morgan fingerprint density at radius 2 is 1.31 bits per heavy atom. The number of phosphoric ester groups is 1. The quantitative estimate of drug-likeness (QED) is 0.113. The molecule has 3 aliphatic rings. The van der Waals surface area contributed by atoms with E-state index in [-0.39, 0.29) is 39.1 Å². The summed E-state index contributed by atoms with van der Waals surface area (Å²) in [6.45, 7) is 15.3. The second-order valence-corrected chi connectivity index (χ2v) is 55.6. The summed E-state index contributed by atoms with van der Waals surface area (Å²) in [7, 11) is 15.3. The number of aromatic amines is 1. The molecule has 0 aliphatic carbocycles. The number of rotatable bonds is 8. The summed E-state index contributed by atoms with van der Waals surface area (Å²) in [5.74, 6) is -1.91. The maximum Gasteiger partial charge on any atom is 0.472 e. The van der Waals surface area contributed by atoms with Crippen molar-refractivity contribution in [3.8, 4) is 0 Å². The zero-order valence-corrected chi connectivity index (χ0v) is 61.9. The highest BCUT2D eigenvalue weighted by Crippen LogP contribution is 2.56. The second-order valence-electron chi connectivity index (χ2n) is 19.1. The zero-order chi connectivity index (χ0) is 60.1. The molecule has 10 atom stereocenters. The lowest BCUT2D eigenvalue weighted by molar-refractivity contribution is -0.118. The number of hydrogen-bond acceptors (Lipinski definition) is 19. The first kappa shape index (κ1) is 69.8. The van der Waals surface area contributed by atoms with Crippen LogP contribution in [-0.4, -0.2) is 114 Å². The summed E-state index contributed by atoms with van der Waals surface area (Å²) >= 11 is 9.49. The molecular weight excluding hydrogens is 1480 g/mol. The van der Waals surface area contributed by atoms with Gasteiger partial charge in [0.05, 0.1) is 25.9 Å². The van der Waals surface area contributed by atoms with Crippen LogP contribution in [0.15, 0.2) is 54.1 Å². The van der Waals surface area contributed by atoms with Gasteiger partial charge in [-0.1, -0.05) is 59.7 Å². The van der Waals surface area contributed by atoms with Gasteiger partial charge in [-0.2, -0.15) is 4.98 Å². The highest BCUT2D eigenvalue weighted by atomic mass is 33.5. The van der Waals surface area contributed by atoms with Crippen molar-refractivity contribution in [3.63, 3.8) is 0 Å². The van der Waals surface area contributed by atoms with Crippen LogP contribution in [0.2, 0.25) is 18.1 Å². The minimum atomic E-state index is -4.96. The fourth-order valence-corrected chi connectivity index (χ4v) is 49.5. The van der Waals surface area contributed by atoms with Crippen molar-refractivity contribution in [1.82, 2.24) is 39.0 Å². The number of carbonyl (C=O) groups is 2. The minimum Gasteiger partial charge on any atom is -0.407 e. The van der Waals surface area contributed by atoms with E-state index in [1.54, 1.807) is 180 Å². The summed E-state index contributed by atoms with van der Waals surface area (Å²) in [4.78, 5) is 74.5. The van der Waals surface area contributed by atoms with E-state index in [4.69, 9.17) is 54.4 Å². The SMILES string of the molecule is CC(C)C(=O)Nc1nc2c(ncn2[C@@H]2O[C@@H]3COP(=O)(O)O[C@@H]4C(C)[C@H](n5cnc6c(NC(=O)c7ccccc7)ncnc65)O[C@@H]4COP(C)(=O)OC3[C@@H]2O[Si](C)(C)C(C)(C)C)c(=O)[nH]1.S=S=S=S=S=S=S=S=S=S=S=S=S=S=S=S=S=S. The van der Waals surface area contributed by atoms with Gasteiger partial charge in [-0.25, -0.2) is 24.5 Å². The summed E-state index contributed by atoms with van der Waals surface area (Å²) in [5.41, 5.74) is 0.242. The molecule has 0 bridgehead atoms. The molecule has 0 spiro atoms. The van der Waals surface area contributed by atoms with Crippen molar-refractivity contribution in [1.29, 1.82) is 0 Å². The first-order chi connectivity index (χ1) is 39.4. The van der Waals surface area contributed by atoms with Gasteiger partial charge < -0.3 is 28.6 Å². The molecule has 3 aliphatic heterocycles. The molecule has 2 amide bonds. The Bertz CT molecular complexity index is 4120. The van der Waals surface area contributed by atoms with Gasteiger partial charge >= 0.3 is 15.4 Å². The van der Waals surface area contributed by atoms with Crippen LogP contribution >= 0.6 is 15.4 Å². The number of nitrogens with one attached hydrogen (secondary N) is 3. The van der Waals surface area contributed by atoms with E-state index < -0.39 is 109 Å². The van der Waals surface area contributed by atoms with Crippen LogP contribution in [0.3, 0.4) is 0 Å². The molecule has 0 radical (unpaired) electrons. The number of nitrogens with zero attached hydrogens (tertiary/aromatic N) is 7. The van der Waals surface area contributed by atoms with Crippen LogP contribution < -0.4 is 16.2 Å². The average molecular weight is 1540 g/mol. The van der Waals surface area contributed by atoms with E-state index in [1.165, 1.54) is 48.0 Å². The molecule has 3 fully saturated rings. The lowest BCUT2D eigenvalue weighted by Gasteiger charge is -2.41. The van der Waals surface area contributed by atoms with Crippen LogP contribution in [-0.2, 0) is 210 Å². The van der Waals surface area contributed by atoms with Gasteiger partial charge in [-0.3, -0.25) is 52.0 Å². The lowest BCUT2D eigenvalue weighted by atomic mass is 10.0. The fourth-order valence-electron chi connectivity index (χ4n) is 7.64. The number of imidazole rings is 2. The largest absolute Gasteiger partial charge is 0.472 e. The Kier molecular flexibility index (Phi) is 27.3. The molecule has 458 valence electrons. The molecule has 1 aromatic carbocycles. The normalized spacial score (nSPS) is 25.2. The summed E-state index contributed by atoms with van der Waals surface area (Å²) in [5, 5.41) is 4.99. The number of amides is 2. The van der Waals surface area contributed by atoms with Gasteiger partial charge in [0.1, 0.15) is 43.1 Å². The number of carbonyl (C=O) groups excluding carboxylic acids is 2. The number of ether oxygens (including phenoxy) is 2. The molecule has 83 heavy (non-hydrogen) atoms. The topological polar surface area (TPSA) is 284 Å². The number of benzene rings is 1. The molecule has 7 heterocycles. The van der Waals surface area contributed by atoms with Crippen LogP contribution in [0.25, 0.3) is 22.3 Å². The smallest absolute Gasteiger partial charge is 0.407 e. The predicted molar refractivity (Wildman–Crippen MR) is 368 cm³/mol. The summed E-state index contributed by atoms with van der Waals surface area (Å²) < 4.78 is 75.3. The number of fused-ring (bicyclic) bond motifs is 4. The van der Waals surface area contributed by atoms with Gasteiger partial charge in [-0.15, -0.1) is 0 Å². The third-order valence-electron chi connectivity index (χ3n) is 12.4. The van der Waals surface area contributed by atoms with Crippen molar-refractivity contribution in [2.24, 2.45) is 11.8 Å². The number of H-pyrrole nitrogens is 1. The Morgan fingerprint density at radius 3 is 1.89 bits per heavy atom.